The van der Waals surface area contributed by atoms with Crippen LogP contribution in [0.25, 0.3) is 0 Å². The molecule has 0 bridgehead atoms. The normalized spacial score (nSPS) is 10.2. The maximum atomic E-state index is 11.3. The molecule has 0 aliphatic heterocycles. The summed E-state index contributed by atoms with van der Waals surface area (Å²) in [6, 6.07) is 0. The molecule has 0 aliphatic rings. The van der Waals surface area contributed by atoms with Gasteiger partial charge in [0, 0.05) is 5.57 Å². The summed E-state index contributed by atoms with van der Waals surface area (Å²) in [5.74, 6) is -0.370. The van der Waals surface area contributed by atoms with Gasteiger partial charge in [-0.1, -0.05) is 52.0 Å². The maximum absolute atomic E-state index is 11.3. The summed E-state index contributed by atoms with van der Waals surface area (Å²) >= 11 is 0. The van der Waals surface area contributed by atoms with E-state index in [1.54, 1.807) is 0 Å². The molecule has 0 unspecified atom stereocenters. The quantitative estimate of drug-likeness (QED) is 0.344. The summed E-state index contributed by atoms with van der Waals surface area (Å²) < 4.78 is 4.77. The number of carbonyl (C=O) groups excluding carboxylic acids is 1. The molecule has 0 aromatic carbocycles. The van der Waals surface area contributed by atoms with E-state index >= 15 is 0 Å². The molecule has 0 fully saturated rings. The van der Waals surface area contributed by atoms with E-state index in [2.05, 4.69) is 13.5 Å². The third-order valence-electron chi connectivity index (χ3n) is 2.70. The minimum atomic E-state index is -0.370. The molecule has 0 saturated carbocycles. The summed E-state index contributed by atoms with van der Waals surface area (Å²) in [5, 5.41) is 8.51. The van der Waals surface area contributed by atoms with Crippen LogP contribution in [-0.4, -0.2) is 24.3 Å². The van der Waals surface area contributed by atoms with Crippen LogP contribution in [0.2, 0.25) is 0 Å². The van der Waals surface area contributed by atoms with E-state index in [4.69, 9.17) is 9.84 Å². The molecule has 100 valence electrons. The van der Waals surface area contributed by atoms with Crippen LogP contribution in [0.5, 0.6) is 0 Å². The van der Waals surface area contributed by atoms with Gasteiger partial charge in [-0.15, -0.1) is 0 Å². The predicted molar refractivity (Wildman–Crippen MR) is 69.8 cm³/mol. The Morgan fingerprint density at radius 2 is 1.71 bits per heavy atom. The number of rotatable bonds is 11. The smallest absolute Gasteiger partial charge is 0.333 e. The summed E-state index contributed by atoms with van der Waals surface area (Å²) in [4.78, 5) is 11.3. The van der Waals surface area contributed by atoms with Crippen LogP contribution in [0.1, 0.15) is 58.3 Å². The first-order valence-corrected chi connectivity index (χ1v) is 6.68. The van der Waals surface area contributed by atoms with Gasteiger partial charge in [0.1, 0.15) is 6.61 Å². The highest BCUT2D eigenvalue weighted by atomic mass is 16.5. The van der Waals surface area contributed by atoms with E-state index in [0.717, 1.165) is 12.8 Å². The number of aliphatic hydroxyl groups is 1. The van der Waals surface area contributed by atoms with Crippen LogP contribution in [0.4, 0.5) is 0 Å². The second-order valence-electron chi connectivity index (χ2n) is 4.33. The molecule has 0 amide bonds. The number of hydrogen-bond acceptors (Lipinski definition) is 3. The molecule has 0 aromatic heterocycles. The largest absolute Gasteiger partial charge is 0.460 e. The van der Waals surface area contributed by atoms with Crippen LogP contribution >= 0.6 is 0 Å². The predicted octanol–water partition coefficient (Wildman–Crippen LogP) is 3.22. The van der Waals surface area contributed by atoms with E-state index < -0.39 is 0 Å². The lowest BCUT2D eigenvalue weighted by molar-refractivity contribution is -0.140. The average Bonchev–Trinajstić information content (AvgIpc) is 2.34. The van der Waals surface area contributed by atoms with Crippen molar-refractivity contribution in [3.05, 3.63) is 12.2 Å². The fraction of sp³-hybridized carbons (Fsp3) is 0.786. The molecule has 17 heavy (non-hydrogen) atoms. The standard InChI is InChI=1S/C14H26O3/c1-3-4-5-6-7-8-9-10-13(2)14(16)17-12-11-15/h15H,2-12H2,1H3. The zero-order valence-corrected chi connectivity index (χ0v) is 11.0. The minimum absolute atomic E-state index is 0.0644. The lowest BCUT2D eigenvalue weighted by Gasteiger charge is -2.05. The van der Waals surface area contributed by atoms with Gasteiger partial charge >= 0.3 is 5.97 Å². The highest BCUT2D eigenvalue weighted by Gasteiger charge is 2.07. The van der Waals surface area contributed by atoms with E-state index in [0.29, 0.717) is 12.0 Å². The van der Waals surface area contributed by atoms with Crippen molar-refractivity contribution < 1.29 is 14.6 Å². The first-order chi connectivity index (χ1) is 8.22. The van der Waals surface area contributed by atoms with Gasteiger partial charge < -0.3 is 9.84 Å². The summed E-state index contributed by atoms with van der Waals surface area (Å²) in [6.45, 7) is 5.84. The fourth-order valence-corrected chi connectivity index (χ4v) is 1.64. The van der Waals surface area contributed by atoms with Crippen LogP contribution in [0.15, 0.2) is 12.2 Å². The van der Waals surface area contributed by atoms with E-state index in [1.807, 2.05) is 0 Å². The van der Waals surface area contributed by atoms with Gasteiger partial charge in [0.2, 0.25) is 0 Å². The van der Waals surface area contributed by atoms with E-state index in [9.17, 15) is 4.79 Å². The summed E-state index contributed by atoms with van der Waals surface area (Å²) in [5.41, 5.74) is 0.520. The van der Waals surface area contributed by atoms with Gasteiger partial charge in [0.15, 0.2) is 0 Å². The Morgan fingerprint density at radius 3 is 2.29 bits per heavy atom. The highest BCUT2D eigenvalue weighted by molar-refractivity contribution is 5.87. The van der Waals surface area contributed by atoms with Crippen LogP contribution in [0, 0.1) is 0 Å². The van der Waals surface area contributed by atoms with Gasteiger partial charge in [-0.05, 0) is 12.8 Å². The molecular formula is C14H26O3. The first-order valence-electron chi connectivity index (χ1n) is 6.68. The number of aliphatic hydroxyl groups excluding tert-OH is 1. The molecular weight excluding hydrogens is 216 g/mol. The van der Waals surface area contributed by atoms with Gasteiger partial charge in [-0.2, -0.15) is 0 Å². The zero-order chi connectivity index (χ0) is 12.9. The van der Waals surface area contributed by atoms with Crippen molar-refractivity contribution in [3.63, 3.8) is 0 Å². The van der Waals surface area contributed by atoms with Crippen LogP contribution < -0.4 is 0 Å². The molecule has 1 N–H and O–H groups in total. The van der Waals surface area contributed by atoms with Crippen molar-refractivity contribution in [2.45, 2.75) is 58.3 Å². The Bertz CT molecular complexity index is 212. The molecule has 0 atom stereocenters. The van der Waals surface area contributed by atoms with E-state index in [1.165, 1.54) is 32.1 Å². The monoisotopic (exact) mass is 242 g/mol. The Hall–Kier alpha value is -0.830. The third-order valence-corrected chi connectivity index (χ3v) is 2.70. The summed E-state index contributed by atoms with van der Waals surface area (Å²) in [7, 11) is 0. The Balaban J connectivity index is 3.35. The van der Waals surface area contributed by atoms with Gasteiger partial charge in [-0.3, -0.25) is 0 Å². The second-order valence-corrected chi connectivity index (χ2v) is 4.33. The van der Waals surface area contributed by atoms with E-state index in [-0.39, 0.29) is 19.2 Å². The zero-order valence-electron chi connectivity index (χ0n) is 11.0. The van der Waals surface area contributed by atoms with Crippen molar-refractivity contribution in [1.82, 2.24) is 0 Å². The average molecular weight is 242 g/mol. The molecule has 0 spiro atoms. The molecule has 0 radical (unpaired) electrons. The number of ether oxygens (including phenoxy) is 1. The van der Waals surface area contributed by atoms with Crippen molar-refractivity contribution >= 4 is 5.97 Å². The maximum Gasteiger partial charge on any atom is 0.333 e. The second kappa shape index (κ2) is 11.6. The highest BCUT2D eigenvalue weighted by Crippen LogP contribution is 2.12. The molecule has 0 aliphatic carbocycles. The van der Waals surface area contributed by atoms with Crippen molar-refractivity contribution in [2.75, 3.05) is 13.2 Å². The molecule has 0 heterocycles. The van der Waals surface area contributed by atoms with Crippen molar-refractivity contribution in [3.8, 4) is 0 Å². The van der Waals surface area contributed by atoms with Gasteiger partial charge in [0.25, 0.3) is 0 Å². The van der Waals surface area contributed by atoms with Gasteiger partial charge in [-0.25, -0.2) is 4.79 Å². The number of esters is 1. The molecule has 0 saturated heterocycles. The van der Waals surface area contributed by atoms with Crippen LogP contribution in [-0.2, 0) is 9.53 Å². The lowest BCUT2D eigenvalue weighted by atomic mass is 10.1. The molecule has 3 heteroatoms. The van der Waals surface area contributed by atoms with Crippen molar-refractivity contribution in [1.29, 1.82) is 0 Å². The van der Waals surface area contributed by atoms with Crippen molar-refractivity contribution in [2.24, 2.45) is 0 Å². The minimum Gasteiger partial charge on any atom is -0.460 e. The summed E-state index contributed by atoms with van der Waals surface area (Å²) in [6.07, 6.45) is 9.28. The lowest BCUT2D eigenvalue weighted by Crippen LogP contribution is -2.10. The first kappa shape index (κ1) is 16.2. The molecule has 3 nitrogen and oxygen atoms in total. The topological polar surface area (TPSA) is 46.5 Å². The van der Waals surface area contributed by atoms with Crippen LogP contribution in [0.3, 0.4) is 0 Å². The SMILES string of the molecule is C=C(CCCCCCCCC)C(=O)OCCO. The fourth-order valence-electron chi connectivity index (χ4n) is 1.64. The Kier molecular flexibility index (Phi) is 11.1. The molecule has 0 rings (SSSR count). The Labute approximate surface area is 105 Å². The Morgan fingerprint density at radius 1 is 1.12 bits per heavy atom. The van der Waals surface area contributed by atoms with Gasteiger partial charge in [0.05, 0.1) is 6.61 Å². The molecule has 0 aromatic rings. The third kappa shape index (κ3) is 10.1. The number of hydrogen-bond donors (Lipinski definition) is 1. The number of carbonyl (C=O) groups is 1. The number of unbranched alkanes of at least 4 members (excludes halogenated alkanes) is 6.